The summed E-state index contributed by atoms with van der Waals surface area (Å²) in [5.41, 5.74) is 11.1. The first-order chi connectivity index (χ1) is 12.7. The van der Waals surface area contributed by atoms with Crippen molar-refractivity contribution in [3.63, 3.8) is 0 Å². The van der Waals surface area contributed by atoms with Gasteiger partial charge in [0.25, 0.3) is 0 Å². The number of aryl methyl sites for hydroxylation is 2. The summed E-state index contributed by atoms with van der Waals surface area (Å²) in [5.74, 6) is 0. The van der Waals surface area contributed by atoms with Crippen LogP contribution in [0.15, 0.2) is 48.5 Å². The van der Waals surface area contributed by atoms with Crippen LogP contribution in [-0.2, 0) is 13.1 Å². The molecule has 0 unspecified atom stereocenters. The fourth-order valence-corrected chi connectivity index (χ4v) is 2.88. The minimum Gasteiger partial charge on any atom is -0.329 e. The Labute approximate surface area is 158 Å². The molecule has 26 heavy (non-hydrogen) atoms. The first kappa shape index (κ1) is 20.6. The average molecular weight is 355 g/mol. The van der Waals surface area contributed by atoms with Gasteiger partial charge in [0, 0.05) is 52.4 Å². The molecule has 4 heteroatoms. The molecule has 4 N–H and O–H groups in total. The smallest absolute Gasteiger partial charge is 0.0234 e. The zero-order valence-corrected chi connectivity index (χ0v) is 16.3. The molecule has 0 aromatic heterocycles. The standard InChI is InChI=1S/C22H34N4/c1-19-3-7-21(8-4-19)17-25-13-12-24-14-16-26(15-11-23)18-22-9-5-20(2)6-10-22/h3-10,24-25H,11-18,23H2,1-2H3. The zero-order chi connectivity index (χ0) is 18.6. The summed E-state index contributed by atoms with van der Waals surface area (Å²) in [7, 11) is 0. The number of nitrogens with two attached hydrogens (primary N) is 1. The molecule has 2 aromatic rings. The van der Waals surface area contributed by atoms with E-state index in [2.05, 4.69) is 77.9 Å². The van der Waals surface area contributed by atoms with Gasteiger partial charge in [-0.25, -0.2) is 0 Å². The highest BCUT2D eigenvalue weighted by molar-refractivity contribution is 5.21. The number of nitrogens with one attached hydrogen (secondary N) is 2. The molecule has 0 saturated carbocycles. The molecule has 2 aromatic carbocycles. The van der Waals surface area contributed by atoms with Crippen LogP contribution in [-0.4, -0.2) is 44.2 Å². The van der Waals surface area contributed by atoms with Crippen LogP contribution >= 0.6 is 0 Å². The Morgan fingerprint density at radius 2 is 1.31 bits per heavy atom. The first-order valence-electron chi connectivity index (χ1n) is 9.62. The molecule has 2 rings (SSSR count). The highest BCUT2D eigenvalue weighted by Gasteiger charge is 2.04. The number of rotatable bonds is 12. The van der Waals surface area contributed by atoms with E-state index in [0.29, 0.717) is 6.54 Å². The second-order valence-electron chi connectivity index (χ2n) is 6.96. The van der Waals surface area contributed by atoms with Crippen molar-refractivity contribution in [1.82, 2.24) is 15.5 Å². The summed E-state index contributed by atoms with van der Waals surface area (Å²) < 4.78 is 0. The predicted molar refractivity (Wildman–Crippen MR) is 111 cm³/mol. The minimum atomic E-state index is 0.698. The molecule has 0 heterocycles. The van der Waals surface area contributed by atoms with Crippen LogP contribution in [0.2, 0.25) is 0 Å². The summed E-state index contributed by atoms with van der Waals surface area (Å²) in [6, 6.07) is 17.5. The summed E-state index contributed by atoms with van der Waals surface area (Å²) in [6.45, 7) is 11.7. The molecule has 0 atom stereocenters. The van der Waals surface area contributed by atoms with Crippen molar-refractivity contribution in [2.24, 2.45) is 5.73 Å². The van der Waals surface area contributed by atoms with Gasteiger partial charge in [0.15, 0.2) is 0 Å². The van der Waals surface area contributed by atoms with Gasteiger partial charge in [-0.2, -0.15) is 0 Å². The predicted octanol–water partition coefficient (Wildman–Crippen LogP) is 2.44. The molecule has 0 aliphatic rings. The molecule has 0 radical (unpaired) electrons. The molecule has 0 aliphatic heterocycles. The molecule has 0 bridgehead atoms. The lowest BCUT2D eigenvalue weighted by atomic mass is 10.1. The highest BCUT2D eigenvalue weighted by Crippen LogP contribution is 2.06. The number of hydrogen-bond acceptors (Lipinski definition) is 4. The molecule has 0 amide bonds. The second-order valence-corrected chi connectivity index (χ2v) is 6.96. The van der Waals surface area contributed by atoms with E-state index in [0.717, 1.165) is 45.8 Å². The Hall–Kier alpha value is -1.72. The van der Waals surface area contributed by atoms with E-state index in [1.54, 1.807) is 0 Å². The van der Waals surface area contributed by atoms with Crippen LogP contribution < -0.4 is 16.4 Å². The monoisotopic (exact) mass is 354 g/mol. The van der Waals surface area contributed by atoms with Crippen LogP contribution in [0.25, 0.3) is 0 Å². The van der Waals surface area contributed by atoms with Crippen molar-refractivity contribution < 1.29 is 0 Å². The highest BCUT2D eigenvalue weighted by atomic mass is 15.1. The van der Waals surface area contributed by atoms with Crippen LogP contribution in [0.5, 0.6) is 0 Å². The normalized spacial score (nSPS) is 11.2. The summed E-state index contributed by atoms with van der Waals surface area (Å²) in [6.07, 6.45) is 0. The lowest BCUT2D eigenvalue weighted by Crippen LogP contribution is -2.37. The Balaban J connectivity index is 1.58. The lowest BCUT2D eigenvalue weighted by molar-refractivity contribution is 0.272. The Morgan fingerprint density at radius 1 is 0.731 bits per heavy atom. The van der Waals surface area contributed by atoms with E-state index < -0.39 is 0 Å². The van der Waals surface area contributed by atoms with Gasteiger partial charge in [-0.3, -0.25) is 4.90 Å². The molecule has 0 spiro atoms. The van der Waals surface area contributed by atoms with Crippen LogP contribution in [0.4, 0.5) is 0 Å². The minimum absolute atomic E-state index is 0.698. The zero-order valence-electron chi connectivity index (χ0n) is 16.3. The number of benzene rings is 2. The van der Waals surface area contributed by atoms with E-state index in [-0.39, 0.29) is 0 Å². The van der Waals surface area contributed by atoms with Gasteiger partial charge in [0.2, 0.25) is 0 Å². The van der Waals surface area contributed by atoms with Gasteiger partial charge >= 0.3 is 0 Å². The van der Waals surface area contributed by atoms with Gasteiger partial charge < -0.3 is 16.4 Å². The van der Waals surface area contributed by atoms with Gasteiger partial charge in [-0.15, -0.1) is 0 Å². The van der Waals surface area contributed by atoms with Gasteiger partial charge in [-0.1, -0.05) is 59.7 Å². The molecule has 0 fully saturated rings. The van der Waals surface area contributed by atoms with Crippen molar-refractivity contribution in [3.05, 3.63) is 70.8 Å². The Kier molecular flexibility index (Phi) is 9.35. The van der Waals surface area contributed by atoms with E-state index in [1.165, 1.54) is 22.3 Å². The number of hydrogen-bond donors (Lipinski definition) is 3. The fraction of sp³-hybridized carbons (Fsp3) is 0.455. The summed E-state index contributed by atoms with van der Waals surface area (Å²) in [4.78, 5) is 2.41. The molecule has 142 valence electrons. The number of nitrogens with zero attached hydrogens (tertiary/aromatic N) is 1. The van der Waals surface area contributed by atoms with Crippen molar-refractivity contribution in [2.75, 3.05) is 39.3 Å². The lowest BCUT2D eigenvalue weighted by Gasteiger charge is -2.22. The van der Waals surface area contributed by atoms with Gasteiger partial charge in [0.05, 0.1) is 0 Å². The largest absolute Gasteiger partial charge is 0.329 e. The van der Waals surface area contributed by atoms with Gasteiger partial charge in [0.1, 0.15) is 0 Å². The van der Waals surface area contributed by atoms with Crippen LogP contribution in [0, 0.1) is 13.8 Å². The summed E-state index contributed by atoms with van der Waals surface area (Å²) in [5, 5.41) is 7.00. The van der Waals surface area contributed by atoms with Gasteiger partial charge in [-0.05, 0) is 25.0 Å². The average Bonchev–Trinajstić information content (AvgIpc) is 2.64. The molecular weight excluding hydrogens is 320 g/mol. The van der Waals surface area contributed by atoms with E-state index >= 15 is 0 Å². The third-order valence-electron chi connectivity index (χ3n) is 4.51. The maximum atomic E-state index is 5.77. The molecular formula is C22H34N4. The first-order valence-corrected chi connectivity index (χ1v) is 9.62. The quantitative estimate of drug-likeness (QED) is 0.513. The second kappa shape index (κ2) is 11.8. The van der Waals surface area contributed by atoms with Crippen molar-refractivity contribution in [3.8, 4) is 0 Å². The maximum Gasteiger partial charge on any atom is 0.0234 e. The van der Waals surface area contributed by atoms with E-state index in [1.807, 2.05) is 0 Å². The third-order valence-corrected chi connectivity index (χ3v) is 4.51. The van der Waals surface area contributed by atoms with Crippen LogP contribution in [0.3, 0.4) is 0 Å². The van der Waals surface area contributed by atoms with E-state index in [4.69, 9.17) is 5.73 Å². The van der Waals surface area contributed by atoms with E-state index in [9.17, 15) is 0 Å². The molecule has 0 saturated heterocycles. The Morgan fingerprint density at radius 3 is 1.92 bits per heavy atom. The van der Waals surface area contributed by atoms with Crippen molar-refractivity contribution in [1.29, 1.82) is 0 Å². The fourth-order valence-electron chi connectivity index (χ4n) is 2.88. The van der Waals surface area contributed by atoms with Crippen LogP contribution in [0.1, 0.15) is 22.3 Å². The Bertz CT molecular complexity index is 607. The van der Waals surface area contributed by atoms with Crippen molar-refractivity contribution in [2.45, 2.75) is 26.9 Å². The topological polar surface area (TPSA) is 53.3 Å². The molecule has 0 aliphatic carbocycles. The van der Waals surface area contributed by atoms with Crippen molar-refractivity contribution >= 4 is 0 Å². The third kappa shape index (κ3) is 8.11. The maximum absolute atomic E-state index is 5.77. The summed E-state index contributed by atoms with van der Waals surface area (Å²) >= 11 is 0. The SMILES string of the molecule is Cc1ccc(CNCCNCCN(CCN)Cc2ccc(C)cc2)cc1. The molecule has 4 nitrogen and oxygen atoms in total.